The van der Waals surface area contributed by atoms with E-state index in [9.17, 15) is 0 Å². The van der Waals surface area contributed by atoms with Crippen LogP contribution < -0.4 is 0 Å². The third-order valence-corrected chi connectivity index (χ3v) is 2.31. The predicted molar refractivity (Wildman–Crippen MR) is 59.3 cm³/mol. The van der Waals surface area contributed by atoms with E-state index in [4.69, 9.17) is 0 Å². The van der Waals surface area contributed by atoms with Crippen LogP contribution in [0.5, 0.6) is 0 Å². The molecule has 0 atom stereocenters. The van der Waals surface area contributed by atoms with Gasteiger partial charge in [-0.05, 0) is 24.3 Å². The first kappa shape index (κ1) is 11.2. The summed E-state index contributed by atoms with van der Waals surface area (Å²) in [6, 6.07) is 0. The van der Waals surface area contributed by atoms with Crippen LogP contribution in [0.1, 0.15) is 44.8 Å². The summed E-state index contributed by atoms with van der Waals surface area (Å²) in [6.07, 6.45) is 5.02. The maximum Gasteiger partial charge on any atom is 0.128 e. The highest BCUT2D eigenvalue weighted by Gasteiger charge is 2.05. The lowest BCUT2D eigenvalue weighted by Gasteiger charge is -2.08. The standard InChI is InChI=1S/C12H20N2/c1-5-10-8-13-12(7-9(3)4)14-11(10)6-2/h8-9H,5-7H2,1-4H3. The van der Waals surface area contributed by atoms with E-state index in [-0.39, 0.29) is 0 Å². The number of hydrogen-bond acceptors (Lipinski definition) is 2. The highest BCUT2D eigenvalue weighted by Crippen LogP contribution is 2.09. The normalized spacial score (nSPS) is 10.9. The number of nitrogens with zero attached hydrogens (tertiary/aromatic N) is 2. The number of hydrogen-bond donors (Lipinski definition) is 0. The molecule has 0 radical (unpaired) electrons. The van der Waals surface area contributed by atoms with Crippen molar-refractivity contribution >= 4 is 0 Å². The fourth-order valence-electron chi connectivity index (χ4n) is 1.55. The molecule has 0 amide bonds. The average Bonchev–Trinajstić information content (AvgIpc) is 2.16. The molecule has 0 fully saturated rings. The molecule has 1 aromatic rings. The Morgan fingerprint density at radius 2 is 1.93 bits per heavy atom. The van der Waals surface area contributed by atoms with E-state index in [0.717, 1.165) is 25.1 Å². The Labute approximate surface area is 86.8 Å². The molecule has 0 bridgehead atoms. The molecule has 1 rings (SSSR count). The third-order valence-electron chi connectivity index (χ3n) is 2.31. The second-order valence-corrected chi connectivity index (χ2v) is 4.06. The summed E-state index contributed by atoms with van der Waals surface area (Å²) in [4.78, 5) is 8.98. The molecule has 0 saturated heterocycles. The van der Waals surface area contributed by atoms with Gasteiger partial charge in [0.2, 0.25) is 0 Å². The van der Waals surface area contributed by atoms with Crippen molar-refractivity contribution in [2.24, 2.45) is 5.92 Å². The van der Waals surface area contributed by atoms with Gasteiger partial charge in [0.25, 0.3) is 0 Å². The van der Waals surface area contributed by atoms with Crippen molar-refractivity contribution < 1.29 is 0 Å². The first-order valence-corrected chi connectivity index (χ1v) is 5.51. The first-order valence-electron chi connectivity index (χ1n) is 5.51. The summed E-state index contributed by atoms with van der Waals surface area (Å²) >= 11 is 0. The van der Waals surface area contributed by atoms with E-state index in [1.54, 1.807) is 0 Å². The van der Waals surface area contributed by atoms with Crippen LogP contribution in [0.2, 0.25) is 0 Å². The van der Waals surface area contributed by atoms with E-state index in [1.165, 1.54) is 11.3 Å². The van der Waals surface area contributed by atoms with E-state index in [0.29, 0.717) is 5.92 Å². The third kappa shape index (κ3) is 2.79. The molecule has 0 aliphatic heterocycles. The van der Waals surface area contributed by atoms with Crippen molar-refractivity contribution in [3.63, 3.8) is 0 Å². The molecule has 78 valence electrons. The van der Waals surface area contributed by atoms with Gasteiger partial charge in [-0.25, -0.2) is 9.97 Å². The molecule has 1 aromatic heterocycles. The second-order valence-electron chi connectivity index (χ2n) is 4.06. The van der Waals surface area contributed by atoms with E-state index >= 15 is 0 Å². The largest absolute Gasteiger partial charge is 0.241 e. The van der Waals surface area contributed by atoms with Gasteiger partial charge in [-0.15, -0.1) is 0 Å². The molecule has 0 aliphatic rings. The van der Waals surface area contributed by atoms with Crippen molar-refractivity contribution in [1.29, 1.82) is 0 Å². The van der Waals surface area contributed by atoms with Gasteiger partial charge in [0, 0.05) is 18.3 Å². The van der Waals surface area contributed by atoms with Crippen LogP contribution in [0, 0.1) is 5.92 Å². The fraction of sp³-hybridized carbons (Fsp3) is 0.667. The van der Waals surface area contributed by atoms with Crippen molar-refractivity contribution in [3.8, 4) is 0 Å². The molecule has 0 spiro atoms. The quantitative estimate of drug-likeness (QED) is 0.733. The summed E-state index contributed by atoms with van der Waals surface area (Å²) in [5.74, 6) is 1.63. The topological polar surface area (TPSA) is 25.8 Å². The minimum atomic E-state index is 0.632. The van der Waals surface area contributed by atoms with Gasteiger partial charge in [0.1, 0.15) is 5.82 Å². The van der Waals surface area contributed by atoms with Crippen molar-refractivity contribution in [3.05, 3.63) is 23.3 Å². The molecular formula is C12H20N2. The van der Waals surface area contributed by atoms with Crippen LogP contribution in [0.4, 0.5) is 0 Å². The summed E-state index contributed by atoms with van der Waals surface area (Å²) in [7, 11) is 0. The van der Waals surface area contributed by atoms with E-state index in [2.05, 4.69) is 37.7 Å². The van der Waals surface area contributed by atoms with Crippen LogP contribution in [0.25, 0.3) is 0 Å². The SMILES string of the molecule is CCc1cnc(CC(C)C)nc1CC. The van der Waals surface area contributed by atoms with Gasteiger partial charge in [-0.3, -0.25) is 0 Å². The molecule has 14 heavy (non-hydrogen) atoms. The zero-order chi connectivity index (χ0) is 10.6. The molecule has 0 saturated carbocycles. The predicted octanol–water partition coefficient (Wildman–Crippen LogP) is 2.80. The second kappa shape index (κ2) is 5.08. The maximum absolute atomic E-state index is 4.59. The van der Waals surface area contributed by atoms with Crippen LogP contribution in [0.3, 0.4) is 0 Å². The lowest BCUT2D eigenvalue weighted by atomic mass is 10.1. The highest BCUT2D eigenvalue weighted by atomic mass is 14.9. The number of aromatic nitrogens is 2. The van der Waals surface area contributed by atoms with Gasteiger partial charge in [-0.2, -0.15) is 0 Å². The van der Waals surface area contributed by atoms with Crippen molar-refractivity contribution in [2.45, 2.75) is 47.0 Å². The fourth-order valence-corrected chi connectivity index (χ4v) is 1.55. The van der Waals surface area contributed by atoms with Crippen LogP contribution in [0.15, 0.2) is 6.20 Å². The molecule has 2 nitrogen and oxygen atoms in total. The lowest BCUT2D eigenvalue weighted by molar-refractivity contribution is 0.616. The summed E-state index contributed by atoms with van der Waals surface area (Å²) in [6.45, 7) is 8.70. The van der Waals surface area contributed by atoms with Gasteiger partial charge >= 0.3 is 0 Å². The van der Waals surface area contributed by atoms with E-state index < -0.39 is 0 Å². The Morgan fingerprint density at radius 1 is 1.21 bits per heavy atom. The first-order chi connectivity index (χ1) is 6.67. The lowest BCUT2D eigenvalue weighted by Crippen LogP contribution is -2.05. The van der Waals surface area contributed by atoms with Crippen molar-refractivity contribution in [2.75, 3.05) is 0 Å². The molecule has 0 N–H and O–H groups in total. The van der Waals surface area contributed by atoms with Crippen molar-refractivity contribution in [1.82, 2.24) is 9.97 Å². The summed E-state index contributed by atoms with van der Waals surface area (Å²) in [5, 5.41) is 0. The average molecular weight is 192 g/mol. The Hall–Kier alpha value is -0.920. The van der Waals surface area contributed by atoms with Crippen LogP contribution in [-0.2, 0) is 19.3 Å². The Balaban J connectivity index is 2.89. The molecule has 1 heterocycles. The molecule has 0 unspecified atom stereocenters. The maximum atomic E-state index is 4.59. The molecular weight excluding hydrogens is 172 g/mol. The van der Waals surface area contributed by atoms with Gasteiger partial charge in [0.05, 0.1) is 0 Å². The number of aryl methyl sites for hydroxylation is 2. The number of rotatable bonds is 4. The highest BCUT2D eigenvalue weighted by molar-refractivity contribution is 5.17. The minimum Gasteiger partial charge on any atom is -0.241 e. The van der Waals surface area contributed by atoms with E-state index in [1.807, 2.05) is 6.20 Å². The zero-order valence-corrected chi connectivity index (χ0v) is 9.67. The van der Waals surface area contributed by atoms with Gasteiger partial charge < -0.3 is 0 Å². The minimum absolute atomic E-state index is 0.632. The summed E-state index contributed by atoms with van der Waals surface area (Å²) < 4.78 is 0. The molecule has 0 aliphatic carbocycles. The molecule has 2 heteroatoms. The molecule has 0 aromatic carbocycles. The van der Waals surface area contributed by atoms with Gasteiger partial charge in [0.15, 0.2) is 0 Å². The smallest absolute Gasteiger partial charge is 0.128 e. The van der Waals surface area contributed by atoms with Crippen LogP contribution in [-0.4, -0.2) is 9.97 Å². The summed E-state index contributed by atoms with van der Waals surface area (Å²) in [5.41, 5.74) is 2.51. The van der Waals surface area contributed by atoms with Crippen LogP contribution >= 0.6 is 0 Å². The Bertz CT molecular complexity index is 292. The monoisotopic (exact) mass is 192 g/mol. The van der Waals surface area contributed by atoms with Gasteiger partial charge in [-0.1, -0.05) is 27.7 Å². The Morgan fingerprint density at radius 3 is 2.43 bits per heavy atom. The Kier molecular flexibility index (Phi) is 4.05. The zero-order valence-electron chi connectivity index (χ0n) is 9.67.